The second-order valence-corrected chi connectivity index (χ2v) is 6.86. The molecule has 0 radical (unpaired) electrons. The van der Waals surface area contributed by atoms with Crippen LogP contribution in [0.15, 0.2) is 18.2 Å². The highest BCUT2D eigenvalue weighted by Gasteiger charge is 2.51. The van der Waals surface area contributed by atoms with E-state index in [2.05, 4.69) is 5.32 Å². The minimum atomic E-state index is -0.826. The Bertz CT molecular complexity index is 684. The molecule has 3 rings (SSSR count). The zero-order chi connectivity index (χ0) is 16.6. The third kappa shape index (κ3) is 2.95. The van der Waals surface area contributed by atoms with Crippen LogP contribution in [-0.2, 0) is 4.79 Å². The van der Waals surface area contributed by atoms with Crippen LogP contribution < -0.4 is 5.32 Å². The molecule has 23 heavy (non-hydrogen) atoms. The number of halogens is 2. The predicted octanol–water partition coefficient (Wildman–Crippen LogP) is 3.43. The molecule has 1 saturated carbocycles. The van der Waals surface area contributed by atoms with Crippen LogP contribution in [0.3, 0.4) is 0 Å². The van der Waals surface area contributed by atoms with Crippen molar-refractivity contribution in [3.8, 4) is 0 Å². The van der Waals surface area contributed by atoms with E-state index in [4.69, 9.17) is 23.2 Å². The highest BCUT2D eigenvalue weighted by molar-refractivity contribution is 6.36. The van der Waals surface area contributed by atoms with Crippen LogP contribution in [0.5, 0.6) is 0 Å². The van der Waals surface area contributed by atoms with Crippen LogP contribution in [0.1, 0.15) is 42.5 Å². The van der Waals surface area contributed by atoms with Crippen LogP contribution >= 0.6 is 23.2 Å². The summed E-state index contributed by atoms with van der Waals surface area (Å²) in [4.78, 5) is 38.2. The Kier molecular flexibility index (Phi) is 4.34. The van der Waals surface area contributed by atoms with Crippen molar-refractivity contribution in [1.82, 2.24) is 10.2 Å². The van der Waals surface area contributed by atoms with Gasteiger partial charge in [-0.15, -0.1) is 0 Å². The van der Waals surface area contributed by atoms with E-state index in [1.165, 1.54) is 12.1 Å². The normalized spacial score (nSPS) is 20.0. The van der Waals surface area contributed by atoms with Crippen LogP contribution in [0.2, 0.25) is 10.0 Å². The van der Waals surface area contributed by atoms with E-state index < -0.39 is 17.4 Å². The zero-order valence-corrected chi connectivity index (χ0v) is 13.9. The summed E-state index contributed by atoms with van der Waals surface area (Å²) in [6.07, 6.45) is 4.10. The molecule has 0 atom stereocenters. The number of imide groups is 1. The molecular weight excluding hydrogens is 339 g/mol. The first kappa shape index (κ1) is 16.3. The molecule has 2 fully saturated rings. The number of carbonyl (C=O) groups is 3. The Morgan fingerprint density at radius 1 is 1.17 bits per heavy atom. The van der Waals surface area contributed by atoms with E-state index in [9.17, 15) is 14.4 Å². The Labute approximate surface area is 143 Å². The maximum Gasteiger partial charge on any atom is 0.325 e. The Morgan fingerprint density at radius 3 is 2.57 bits per heavy atom. The molecule has 5 nitrogen and oxygen atoms in total. The Balaban J connectivity index is 1.80. The second kappa shape index (κ2) is 6.13. The van der Waals surface area contributed by atoms with E-state index >= 15 is 0 Å². The van der Waals surface area contributed by atoms with Gasteiger partial charge in [0.25, 0.3) is 5.91 Å². The fourth-order valence-corrected chi connectivity index (χ4v) is 3.65. The molecule has 0 bridgehead atoms. The predicted molar refractivity (Wildman–Crippen MR) is 86.9 cm³/mol. The molecule has 2 aliphatic rings. The first-order valence-electron chi connectivity index (χ1n) is 7.55. The lowest BCUT2D eigenvalue weighted by Gasteiger charge is -2.30. The van der Waals surface area contributed by atoms with Crippen molar-refractivity contribution in [3.05, 3.63) is 33.8 Å². The zero-order valence-electron chi connectivity index (χ0n) is 12.4. The number of ketones is 1. The fourth-order valence-electron chi connectivity index (χ4n) is 3.25. The molecule has 1 N–H and O–H groups in total. The van der Waals surface area contributed by atoms with Gasteiger partial charge in [0.05, 0.1) is 11.6 Å². The van der Waals surface area contributed by atoms with Crippen molar-refractivity contribution in [2.75, 3.05) is 6.54 Å². The average molecular weight is 355 g/mol. The summed E-state index contributed by atoms with van der Waals surface area (Å²) >= 11 is 11.9. The molecule has 122 valence electrons. The van der Waals surface area contributed by atoms with Gasteiger partial charge < -0.3 is 5.32 Å². The first-order chi connectivity index (χ1) is 10.9. The molecule has 1 aromatic rings. The minimum Gasteiger partial charge on any atom is -0.323 e. The number of carbonyl (C=O) groups excluding carboxylic acids is 3. The number of hydrogen-bond acceptors (Lipinski definition) is 3. The van der Waals surface area contributed by atoms with E-state index in [0.29, 0.717) is 17.9 Å². The molecule has 7 heteroatoms. The average Bonchev–Trinajstić information content (AvgIpc) is 2.74. The fraction of sp³-hybridized carbons (Fsp3) is 0.438. The number of Topliss-reactive ketones (excluding diaryl/α,β-unsaturated/α-hetero) is 1. The lowest BCUT2D eigenvalue weighted by atomic mass is 9.82. The van der Waals surface area contributed by atoms with Crippen LogP contribution in [0, 0.1) is 0 Å². The molecule has 1 spiro atoms. The van der Waals surface area contributed by atoms with E-state index in [0.717, 1.165) is 24.2 Å². The molecular formula is C16H16Cl2N2O3. The minimum absolute atomic E-state index is 0.212. The summed E-state index contributed by atoms with van der Waals surface area (Å²) < 4.78 is 0. The maximum atomic E-state index is 12.6. The van der Waals surface area contributed by atoms with Gasteiger partial charge in [0, 0.05) is 10.6 Å². The lowest BCUT2D eigenvalue weighted by molar-refractivity contribution is -0.132. The largest absolute Gasteiger partial charge is 0.325 e. The Morgan fingerprint density at radius 2 is 1.87 bits per heavy atom. The van der Waals surface area contributed by atoms with Gasteiger partial charge in [-0.25, -0.2) is 4.79 Å². The summed E-state index contributed by atoms with van der Waals surface area (Å²) in [6.45, 7) is -0.327. The number of rotatable bonds is 3. The van der Waals surface area contributed by atoms with E-state index in [-0.39, 0.29) is 23.0 Å². The number of nitrogens with zero attached hydrogens (tertiary/aromatic N) is 1. The molecule has 1 heterocycles. The summed E-state index contributed by atoms with van der Waals surface area (Å²) in [5.74, 6) is -0.720. The van der Waals surface area contributed by atoms with Gasteiger partial charge >= 0.3 is 6.03 Å². The molecule has 1 aliphatic carbocycles. The lowest BCUT2D eigenvalue weighted by Crippen LogP contribution is -2.48. The first-order valence-corrected chi connectivity index (χ1v) is 8.31. The van der Waals surface area contributed by atoms with E-state index in [1.54, 1.807) is 6.07 Å². The third-order valence-corrected chi connectivity index (χ3v) is 5.05. The van der Waals surface area contributed by atoms with Gasteiger partial charge in [0.1, 0.15) is 5.54 Å². The molecule has 1 saturated heterocycles. The van der Waals surface area contributed by atoms with Crippen LogP contribution in [0.4, 0.5) is 4.79 Å². The second-order valence-electron chi connectivity index (χ2n) is 6.01. The third-order valence-electron chi connectivity index (χ3n) is 4.48. The molecule has 1 aromatic carbocycles. The van der Waals surface area contributed by atoms with Crippen molar-refractivity contribution in [1.29, 1.82) is 0 Å². The van der Waals surface area contributed by atoms with Gasteiger partial charge in [-0.1, -0.05) is 42.5 Å². The topological polar surface area (TPSA) is 66.5 Å². The van der Waals surface area contributed by atoms with Gasteiger partial charge in [0.2, 0.25) is 0 Å². The van der Waals surface area contributed by atoms with Gasteiger partial charge in [-0.3, -0.25) is 14.5 Å². The van der Waals surface area contributed by atoms with Gasteiger partial charge in [0.15, 0.2) is 5.78 Å². The number of hydrogen-bond donors (Lipinski definition) is 1. The summed E-state index contributed by atoms with van der Waals surface area (Å²) in [5.41, 5.74) is -0.613. The molecule has 3 amide bonds. The van der Waals surface area contributed by atoms with Crippen molar-refractivity contribution in [2.24, 2.45) is 0 Å². The van der Waals surface area contributed by atoms with Crippen LogP contribution in [-0.4, -0.2) is 34.7 Å². The smallest absolute Gasteiger partial charge is 0.323 e. The standard InChI is InChI=1S/C16H16Cl2N2O3/c17-10-4-5-12(18)11(8-10)13(21)9-20-14(22)16(19-15(20)23)6-2-1-3-7-16/h4-5,8H,1-3,6-7,9H2,(H,19,23). The number of nitrogens with one attached hydrogen (secondary N) is 1. The summed E-state index contributed by atoms with van der Waals surface area (Å²) in [7, 11) is 0. The molecule has 0 aromatic heterocycles. The highest BCUT2D eigenvalue weighted by Crippen LogP contribution is 2.34. The summed E-state index contributed by atoms with van der Waals surface area (Å²) in [6, 6.07) is 4.03. The van der Waals surface area contributed by atoms with Gasteiger partial charge in [-0.05, 0) is 31.0 Å². The number of amides is 3. The SMILES string of the molecule is O=C(CN1C(=O)NC2(CCCCC2)C1=O)c1cc(Cl)ccc1Cl. The van der Waals surface area contributed by atoms with Gasteiger partial charge in [-0.2, -0.15) is 0 Å². The van der Waals surface area contributed by atoms with Crippen molar-refractivity contribution < 1.29 is 14.4 Å². The van der Waals surface area contributed by atoms with Crippen molar-refractivity contribution >= 4 is 40.9 Å². The monoisotopic (exact) mass is 354 g/mol. The highest BCUT2D eigenvalue weighted by atomic mass is 35.5. The Hall–Kier alpha value is -1.59. The quantitative estimate of drug-likeness (QED) is 0.667. The molecule has 0 unspecified atom stereocenters. The number of urea groups is 1. The summed E-state index contributed by atoms with van der Waals surface area (Å²) in [5, 5.41) is 3.40. The number of benzene rings is 1. The maximum absolute atomic E-state index is 12.6. The van der Waals surface area contributed by atoms with E-state index in [1.807, 2.05) is 0 Å². The molecule has 1 aliphatic heterocycles. The van der Waals surface area contributed by atoms with Crippen molar-refractivity contribution in [2.45, 2.75) is 37.6 Å². The van der Waals surface area contributed by atoms with Crippen LogP contribution in [0.25, 0.3) is 0 Å². The van der Waals surface area contributed by atoms with Crippen molar-refractivity contribution in [3.63, 3.8) is 0 Å².